The largest absolute Gasteiger partial charge is 0.481 e. The molecule has 1 heterocycles. The van der Waals surface area contributed by atoms with Gasteiger partial charge < -0.3 is 10.4 Å². The number of rotatable bonds is 5. The fourth-order valence-electron chi connectivity index (χ4n) is 1.64. The molecule has 0 aliphatic heterocycles. The summed E-state index contributed by atoms with van der Waals surface area (Å²) in [5.74, 6) is -2.23. The number of aromatic nitrogens is 1. The van der Waals surface area contributed by atoms with Gasteiger partial charge in [-0.15, -0.1) is 11.3 Å². The van der Waals surface area contributed by atoms with Gasteiger partial charge in [-0.1, -0.05) is 0 Å². The predicted molar refractivity (Wildman–Crippen MR) is 72.4 cm³/mol. The SMILES string of the molecule is Cc1nc(Nc2ccc(F)cc2F)sc1CCC(=O)O. The molecule has 0 amide bonds. The van der Waals surface area contributed by atoms with Gasteiger partial charge in [0.25, 0.3) is 0 Å². The van der Waals surface area contributed by atoms with Crippen LogP contribution in [0.15, 0.2) is 18.2 Å². The lowest BCUT2D eigenvalue weighted by atomic mass is 10.2. The van der Waals surface area contributed by atoms with Crippen LogP contribution in [0.1, 0.15) is 17.0 Å². The number of benzene rings is 1. The van der Waals surface area contributed by atoms with E-state index in [-0.39, 0.29) is 12.1 Å². The van der Waals surface area contributed by atoms with Crippen LogP contribution < -0.4 is 5.32 Å². The van der Waals surface area contributed by atoms with Crippen molar-refractivity contribution in [2.75, 3.05) is 5.32 Å². The molecule has 2 aromatic rings. The summed E-state index contributed by atoms with van der Waals surface area (Å²) in [4.78, 5) is 15.6. The molecule has 0 fully saturated rings. The molecule has 4 nitrogen and oxygen atoms in total. The van der Waals surface area contributed by atoms with Crippen molar-refractivity contribution in [1.29, 1.82) is 0 Å². The molecule has 0 unspecified atom stereocenters. The molecule has 1 aromatic carbocycles. The third-order valence-electron chi connectivity index (χ3n) is 2.63. The lowest BCUT2D eigenvalue weighted by Crippen LogP contribution is -1.96. The summed E-state index contributed by atoms with van der Waals surface area (Å²) in [6, 6.07) is 3.23. The average Bonchev–Trinajstić information content (AvgIpc) is 2.71. The Hall–Kier alpha value is -2.02. The molecule has 0 bridgehead atoms. The van der Waals surface area contributed by atoms with Gasteiger partial charge in [-0.25, -0.2) is 13.8 Å². The van der Waals surface area contributed by atoms with Gasteiger partial charge >= 0.3 is 5.97 Å². The average molecular weight is 298 g/mol. The maximum atomic E-state index is 13.5. The van der Waals surface area contributed by atoms with Crippen LogP contribution in [0.5, 0.6) is 0 Å². The van der Waals surface area contributed by atoms with Gasteiger partial charge in [-0.05, 0) is 25.5 Å². The molecule has 106 valence electrons. The fourth-order valence-corrected chi connectivity index (χ4v) is 2.61. The third-order valence-corrected chi connectivity index (χ3v) is 3.76. The molecule has 2 N–H and O–H groups in total. The van der Waals surface area contributed by atoms with Gasteiger partial charge in [0, 0.05) is 10.9 Å². The van der Waals surface area contributed by atoms with Gasteiger partial charge in [0.05, 0.1) is 17.8 Å². The van der Waals surface area contributed by atoms with Crippen LogP contribution in [0.3, 0.4) is 0 Å². The van der Waals surface area contributed by atoms with E-state index < -0.39 is 17.6 Å². The first-order valence-electron chi connectivity index (χ1n) is 5.86. The van der Waals surface area contributed by atoms with Crippen molar-refractivity contribution in [2.45, 2.75) is 19.8 Å². The van der Waals surface area contributed by atoms with Crippen molar-refractivity contribution in [3.05, 3.63) is 40.4 Å². The molecular weight excluding hydrogens is 286 g/mol. The van der Waals surface area contributed by atoms with Crippen molar-refractivity contribution in [3.63, 3.8) is 0 Å². The summed E-state index contributed by atoms with van der Waals surface area (Å²) < 4.78 is 26.3. The summed E-state index contributed by atoms with van der Waals surface area (Å²) in [5, 5.41) is 11.9. The Labute approximate surface area is 118 Å². The first kappa shape index (κ1) is 14.4. The Balaban J connectivity index is 2.13. The molecule has 1 aromatic heterocycles. The van der Waals surface area contributed by atoms with Crippen LogP contribution in [-0.2, 0) is 11.2 Å². The maximum absolute atomic E-state index is 13.5. The zero-order valence-corrected chi connectivity index (χ0v) is 11.4. The van der Waals surface area contributed by atoms with Crippen molar-refractivity contribution in [3.8, 4) is 0 Å². The van der Waals surface area contributed by atoms with E-state index in [1.54, 1.807) is 6.92 Å². The van der Waals surface area contributed by atoms with Crippen LogP contribution in [0, 0.1) is 18.6 Å². The summed E-state index contributed by atoms with van der Waals surface area (Å²) in [6.45, 7) is 1.76. The number of anilines is 2. The second-order valence-corrected chi connectivity index (χ2v) is 5.25. The molecule has 7 heteroatoms. The lowest BCUT2D eigenvalue weighted by molar-refractivity contribution is -0.136. The molecule has 0 aliphatic rings. The maximum Gasteiger partial charge on any atom is 0.303 e. The second-order valence-electron chi connectivity index (χ2n) is 4.17. The number of nitrogens with zero attached hydrogens (tertiary/aromatic N) is 1. The predicted octanol–water partition coefficient (Wildman–Crippen LogP) is 3.49. The van der Waals surface area contributed by atoms with Crippen LogP contribution in [0.25, 0.3) is 0 Å². The minimum atomic E-state index is -0.878. The van der Waals surface area contributed by atoms with Crippen LogP contribution in [0.2, 0.25) is 0 Å². The van der Waals surface area contributed by atoms with E-state index in [0.717, 1.165) is 17.0 Å². The molecular formula is C13H12F2N2O2S. The highest BCUT2D eigenvalue weighted by Crippen LogP contribution is 2.28. The minimum absolute atomic E-state index is 0.0212. The Bertz CT molecular complexity index is 643. The standard InChI is InChI=1S/C13H12F2N2O2S/c1-7-11(4-5-12(18)19)20-13(16-7)17-10-3-2-8(14)6-9(10)15/h2-3,6H,4-5H2,1H3,(H,16,17)(H,18,19). The normalized spacial score (nSPS) is 10.6. The molecule has 0 spiro atoms. The topological polar surface area (TPSA) is 62.2 Å². The Morgan fingerprint density at radius 1 is 1.45 bits per heavy atom. The molecule has 0 saturated carbocycles. The number of aryl methyl sites for hydroxylation is 2. The van der Waals surface area contributed by atoms with Crippen molar-refractivity contribution in [1.82, 2.24) is 4.98 Å². The van der Waals surface area contributed by atoms with E-state index in [0.29, 0.717) is 17.2 Å². The first-order valence-corrected chi connectivity index (χ1v) is 6.67. The van der Waals surface area contributed by atoms with E-state index in [9.17, 15) is 13.6 Å². The summed E-state index contributed by atoms with van der Waals surface area (Å²) in [5.41, 5.74) is 0.839. The second kappa shape index (κ2) is 5.96. The zero-order chi connectivity index (χ0) is 14.7. The number of halogens is 2. The third kappa shape index (κ3) is 3.51. The highest BCUT2D eigenvalue weighted by molar-refractivity contribution is 7.15. The van der Waals surface area contributed by atoms with E-state index in [2.05, 4.69) is 10.3 Å². The van der Waals surface area contributed by atoms with Crippen LogP contribution in [-0.4, -0.2) is 16.1 Å². The Morgan fingerprint density at radius 3 is 2.85 bits per heavy atom. The fraction of sp³-hybridized carbons (Fsp3) is 0.231. The summed E-state index contributed by atoms with van der Waals surface area (Å²) >= 11 is 1.26. The molecule has 0 atom stereocenters. The Kier molecular flexibility index (Phi) is 4.29. The number of hydrogen-bond donors (Lipinski definition) is 2. The zero-order valence-electron chi connectivity index (χ0n) is 10.6. The lowest BCUT2D eigenvalue weighted by Gasteiger charge is -2.03. The van der Waals surface area contributed by atoms with Gasteiger partial charge in [0.2, 0.25) is 0 Å². The number of thiazole rings is 1. The van der Waals surface area contributed by atoms with Crippen molar-refractivity contribution in [2.24, 2.45) is 0 Å². The molecule has 2 rings (SSSR count). The van der Waals surface area contributed by atoms with Crippen molar-refractivity contribution < 1.29 is 18.7 Å². The number of nitrogens with one attached hydrogen (secondary N) is 1. The number of carbonyl (C=O) groups is 1. The van der Waals surface area contributed by atoms with Gasteiger partial charge in [0.1, 0.15) is 11.6 Å². The smallest absolute Gasteiger partial charge is 0.303 e. The van der Waals surface area contributed by atoms with Crippen LogP contribution in [0.4, 0.5) is 19.6 Å². The highest BCUT2D eigenvalue weighted by Gasteiger charge is 2.11. The van der Waals surface area contributed by atoms with Gasteiger partial charge in [0.15, 0.2) is 5.13 Å². The van der Waals surface area contributed by atoms with Gasteiger partial charge in [-0.3, -0.25) is 4.79 Å². The monoisotopic (exact) mass is 298 g/mol. The van der Waals surface area contributed by atoms with E-state index in [1.807, 2.05) is 0 Å². The van der Waals surface area contributed by atoms with E-state index in [1.165, 1.54) is 17.4 Å². The molecule has 0 saturated heterocycles. The summed E-state index contributed by atoms with van der Waals surface area (Å²) in [6.07, 6.45) is 0.403. The minimum Gasteiger partial charge on any atom is -0.481 e. The molecule has 0 radical (unpaired) electrons. The summed E-state index contributed by atoms with van der Waals surface area (Å²) in [7, 11) is 0. The highest BCUT2D eigenvalue weighted by atomic mass is 32.1. The number of hydrogen-bond acceptors (Lipinski definition) is 4. The molecule has 0 aliphatic carbocycles. The number of carboxylic acids is 1. The quantitative estimate of drug-likeness (QED) is 0.887. The van der Waals surface area contributed by atoms with E-state index >= 15 is 0 Å². The number of carboxylic acid groups (broad SMARTS) is 1. The van der Waals surface area contributed by atoms with E-state index in [4.69, 9.17) is 5.11 Å². The van der Waals surface area contributed by atoms with Crippen molar-refractivity contribution >= 4 is 28.1 Å². The Morgan fingerprint density at radius 2 is 2.20 bits per heavy atom. The number of aliphatic carboxylic acids is 1. The van der Waals surface area contributed by atoms with Gasteiger partial charge in [-0.2, -0.15) is 0 Å². The molecule has 20 heavy (non-hydrogen) atoms. The van der Waals surface area contributed by atoms with Crippen LogP contribution >= 0.6 is 11.3 Å². The first-order chi connectivity index (χ1) is 9.45.